The largest absolute Gasteiger partial charge is 0.298 e. The van der Waals surface area contributed by atoms with Crippen molar-refractivity contribution >= 4 is 28.1 Å². The van der Waals surface area contributed by atoms with E-state index in [2.05, 4.69) is 15.3 Å². The van der Waals surface area contributed by atoms with Gasteiger partial charge in [-0.05, 0) is 31.2 Å². The molecule has 0 saturated carbocycles. The molecule has 0 radical (unpaired) electrons. The number of hydrogen-bond acceptors (Lipinski definition) is 6. The summed E-state index contributed by atoms with van der Waals surface area (Å²) >= 11 is 1.31. The van der Waals surface area contributed by atoms with Gasteiger partial charge in [-0.1, -0.05) is 0 Å². The number of carbonyl (C=O) groups is 1. The number of anilines is 1. The third kappa shape index (κ3) is 3.28. The summed E-state index contributed by atoms with van der Waals surface area (Å²) in [6, 6.07) is 7.91. The molecule has 8 heteroatoms. The van der Waals surface area contributed by atoms with Gasteiger partial charge in [0.2, 0.25) is 0 Å². The minimum Gasteiger partial charge on any atom is -0.298 e. The average molecular weight is 340 g/mol. The zero-order chi connectivity index (χ0) is 17.1. The normalized spacial score (nSPS) is 10.4. The SMILES string of the molecule is Cc1cc(C(=O)Nc2nc(-c3ccncc3)cs2)ccc1[N+](=O)[O-]. The Morgan fingerprint density at radius 3 is 2.67 bits per heavy atom. The summed E-state index contributed by atoms with van der Waals surface area (Å²) in [6.45, 7) is 1.60. The Bertz CT molecular complexity index is 909. The van der Waals surface area contributed by atoms with Crippen molar-refractivity contribution in [2.45, 2.75) is 6.92 Å². The van der Waals surface area contributed by atoms with Crippen LogP contribution in [0.4, 0.5) is 10.8 Å². The fourth-order valence-electron chi connectivity index (χ4n) is 2.16. The van der Waals surface area contributed by atoms with Gasteiger partial charge in [-0.3, -0.25) is 25.2 Å². The monoisotopic (exact) mass is 340 g/mol. The second kappa shape index (κ2) is 6.55. The highest BCUT2D eigenvalue weighted by molar-refractivity contribution is 7.14. The van der Waals surface area contributed by atoms with Gasteiger partial charge >= 0.3 is 0 Å². The Labute approximate surface area is 141 Å². The van der Waals surface area contributed by atoms with Crippen LogP contribution in [-0.4, -0.2) is 20.8 Å². The van der Waals surface area contributed by atoms with E-state index < -0.39 is 4.92 Å². The number of amides is 1. The molecule has 1 aromatic carbocycles. The third-order valence-electron chi connectivity index (χ3n) is 3.36. The van der Waals surface area contributed by atoms with E-state index in [-0.39, 0.29) is 11.6 Å². The number of pyridine rings is 1. The molecular formula is C16H12N4O3S. The fraction of sp³-hybridized carbons (Fsp3) is 0.0625. The molecule has 3 aromatic rings. The molecule has 7 nitrogen and oxygen atoms in total. The van der Waals surface area contributed by atoms with Crippen LogP contribution in [-0.2, 0) is 0 Å². The first-order valence-corrected chi connectivity index (χ1v) is 7.85. The molecule has 3 rings (SSSR count). The third-order valence-corrected chi connectivity index (χ3v) is 4.11. The Hall–Kier alpha value is -3.13. The van der Waals surface area contributed by atoms with Crippen LogP contribution in [0.25, 0.3) is 11.3 Å². The molecule has 1 N–H and O–H groups in total. The maximum absolute atomic E-state index is 12.3. The van der Waals surface area contributed by atoms with E-state index in [0.717, 1.165) is 11.3 Å². The number of nitrogens with zero attached hydrogens (tertiary/aromatic N) is 3. The highest BCUT2D eigenvalue weighted by Crippen LogP contribution is 2.25. The molecule has 1 amide bonds. The molecule has 2 aromatic heterocycles. The standard InChI is InChI=1S/C16H12N4O3S/c1-10-8-12(2-3-14(10)20(22)23)15(21)19-16-18-13(9-24-16)11-4-6-17-7-5-11/h2-9H,1H3,(H,18,19,21). The van der Waals surface area contributed by atoms with Crippen molar-refractivity contribution in [1.82, 2.24) is 9.97 Å². The minimum atomic E-state index is -0.473. The summed E-state index contributed by atoms with van der Waals surface area (Å²) in [5.41, 5.74) is 2.43. The summed E-state index contributed by atoms with van der Waals surface area (Å²) in [4.78, 5) is 30.9. The predicted molar refractivity (Wildman–Crippen MR) is 91.1 cm³/mol. The maximum atomic E-state index is 12.3. The van der Waals surface area contributed by atoms with E-state index in [4.69, 9.17) is 0 Å². The summed E-state index contributed by atoms with van der Waals surface area (Å²) in [7, 11) is 0. The molecule has 0 aliphatic heterocycles. The Morgan fingerprint density at radius 1 is 1.25 bits per heavy atom. The van der Waals surface area contributed by atoms with Crippen molar-refractivity contribution in [1.29, 1.82) is 0 Å². The molecule has 0 aliphatic rings. The predicted octanol–water partition coefficient (Wildman–Crippen LogP) is 3.67. The van der Waals surface area contributed by atoms with E-state index in [0.29, 0.717) is 16.3 Å². The second-order valence-corrected chi connectivity index (χ2v) is 5.84. The Morgan fingerprint density at radius 2 is 2.00 bits per heavy atom. The van der Waals surface area contributed by atoms with Crippen molar-refractivity contribution in [3.05, 3.63) is 69.3 Å². The molecule has 0 atom stereocenters. The number of aryl methyl sites for hydroxylation is 1. The first-order valence-electron chi connectivity index (χ1n) is 6.97. The van der Waals surface area contributed by atoms with Crippen LogP contribution < -0.4 is 5.32 Å². The van der Waals surface area contributed by atoms with Gasteiger partial charge in [0.15, 0.2) is 5.13 Å². The molecule has 0 aliphatic carbocycles. The number of thiazole rings is 1. The van der Waals surface area contributed by atoms with Crippen molar-refractivity contribution in [3.8, 4) is 11.3 Å². The van der Waals surface area contributed by atoms with Crippen LogP contribution in [0.3, 0.4) is 0 Å². The van der Waals surface area contributed by atoms with Crippen LogP contribution in [0.2, 0.25) is 0 Å². The number of nitro groups is 1. The molecule has 0 fully saturated rings. The lowest BCUT2D eigenvalue weighted by atomic mass is 10.1. The van der Waals surface area contributed by atoms with Crippen molar-refractivity contribution in [3.63, 3.8) is 0 Å². The maximum Gasteiger partial charge on any atom is 0.272 e. The number of aromatic nitrogens is 2. The van der Waals surface area contributed by atoms with Crippen LogP contribution in [0.1, 0.15) is 15.9 Å². The molecule has 2 heterocycles. The van der Waals surface area contributed by atoms with Gasteiger partial charge < -0.3 is 0 Å². The number of hydrogen-bond donors (Lipinski definition) is 1. The van der Waals surface area contributed by atoms with E-state index in [1.807, 2.05) is 17.5 Å². The van der Waals surface area contributed by atoms with Crippen molar-refractivity contribution in [2.75, 3.05) is 5.32 Å². The lowest BCUT2D eigenvalue weighted by Gasteiger charge is -2.03. The number of benzene rings is 1. The van der Waals surface area contributed by atoms with Gasteiger partial charge in [0.1, 0.15) is 0 Å². The molecule has 0 bridgehead atoms. The summed E-state index contributed by atoms with van der Waals surface area (Å²) in [6.07, 6.45) is 3.35. The van der Waals surface area contributed by atoms with Crippen LogP contribution in [0.5, 0.6) is 0 Å². The minimum absolute atomic E-state index is 0.0132. The van der Waals surface area contributed by atoms with Gasteiger partial charge in [0, 0.05) is 40.5 Å². The topological polar surface area (TPSA) is 98.0 Å². The van der Waals surface area contributed by atoms with Gasteiger partial charge in [-0.25, -0.2) is 4.98 Å². The zero-order valence-electron chi connectivity index (χ0n) is 12.6. The smallest absolute Gasteiger partial charge is 0.272 e. The second-order valence-electron chi connectivity index (χ2n) is 4.99. The molecule has 0 saturated heterocycles. The lowest BCUT2D eigenvalue weighted by Crippen LogP contribution is -2.12. The molecular weight excluding hydrogens is 328 g/mol. The number of nitrogens with one attached hydrogen (secondary N) is 1. The molecule has 120 valence electrons. The van der Waals surface area contributed by atoms with Crippen LogP contribution >= 0.6 is 11.3 Å². The Balaban J connectivity index is 1.77. The van der Waals surface area contributed by atoms with Gasteiger partial charge in [0.25, 0.3) is 11.6 Å². The lowest BCUT2D eigenvalue weighted by molar-refractivity contribution is -0.385. The highest BCUT2D eigenvalue weighted by Gasteiger charge is 2.15. The van der Waals surface area contributed by atoms with E-state index in [1.54, 1.807) is 19.3 Å². The number of nitro benzene ring substituents is 1. The van der Waals surface area contributed by atoms with Crippen LogP contribution in [0.15, 0.2) is 48.1 Å². The van der Waals surface area contributed by atoms with Crippen molar-refractivity contribution < 1.29 is 9.72 Å². The number of rotatable bonds is 4. The first kappa shape index (κ1) is 15.8. The average Bonchev–Trinajstić information content (AvgIpc) is 3.03. The molecule has 0 spiro atoms. The highest BCUT2D eigenvalue weighted by atomic mass is 32.1. The van der Waals surface area contributed by atoms with Crippen LogP contribution in [0, 0.1) is 17.0 Å². The van der Waals surface area contributed by atoms with E-state index in [9.17, 15) is 14.9 Å². The Kier molecular flexibility index (Phi) is 4.30. The van der Waals surface area contributed by atoms with E-state index in [1.165, 1.54) is 29.5 Å². The van der Waals surface area contributed by atoms with Gasteiger partial charge in [-0.15, -0.1) is 11.3 Å². The van der Waals surface area contributed by atoms with E-state index >= 15 is 0 Å². The number of carbonyl (C=O) groups excluding carboxylic acids is 1. The molecule has 24 heavy (non-hydrogen) atoms. The van der Waals surface area contributed by atoms with Crippen molar-refractivity contribution in [2.24, 2.45) is 0 Å². The summed E-state index contributed by atoms with van der Waals surface area (Å²) < 4.78 is 0. The molecule has 0 unspecified atom stereocenters. The van der Waals surface area contributed by atoms with Gasteiger partial charge in [-0.2, -0.15) is 0 Å². The summed E-state index contributed by atoms with van der Waals surface area (Å²) in [5.74, 6) is -0.358. The quantitative estimate of drug-likeness (QED) is 0.577. The summed E-state index contributed by atoms with van der Waals surface area (Å²) in [5, 5.41) is 15.8. The van der Waals surface area contributed by atoms with Gasteiger partial charge in [0.05, 0.1) is 10.6 Å². The fourth-order valence-corrected chi connectivity index (χ4v) is 2.87. The zero-order valence-corrected chi connectivity index (χ0v) is 13.4. The first-order chi connectivity index (χ1) is 11.5.